The Morgan fingerprint density at radius 2 is 1.79 bits per heavy atom. The molecule has 0 N–H and O–H groups in total. The number of piperidine rings is 1. The van der Waals surface area contributed by atoms with Gasteiger partial charge in [-0.2, -0.15) is 0 Å². The van der Waals surface area contributed by atoms with Crippen LogP contribution in [0.1, 0.15) is 50.5 Å². The third-order valence-electron chi connectivity index (χ3n) is 6.43. The lowest BCUT2D eigenvalue weighted by atomic mass is 10.0. The summed E-state index contributed by atoms with van der Waals surface area (Å²) in [6.45, 7) is 1.57. The van der Waals surface area contributed by atoms with Gasteiger partial charge in [-0.1, -0.05) is 55.3 Å². The van der Waals surface area contributed by atoms with Crippen LogP contribution in [-0.4, -0.2) is 45.7 Å². The van der Waals surface area contributed by atoms with Crippen molar-refractivity contribution in [1.29, 1.82) is 0 Å². The van der Waals surface area contributed by atoms with E-state index in [0.29, 0.717) is 49.5 Å². The summed E-state index contributed by atoms with van der Waals surface area (Å²) in [7, 11) is 0. The maximum Gasteiger partial charge on any atom is 0.361 e. The highest BCUT2D eigenvalue weighted by molar-refractivity contribution is 7.77. The van der Waals surface area contributed by atoms with Crippen molar-refractivity contribution in [2.45, 2.75) is 32.0 Å². The standard InChI is InChI=1S/C29H26FN3O4S/c30-22-8-6-19(7-9-22)14-21-15-24-25(17-34)32-27(29(35)37-23-10-12-33(38)13-11-23)28(26(24)31-16-21)36-18-20-4-2-1-3-5-20/h1-9,15-17,23,38H,10-14,18H2. The Morgan fingerprint density at radius 3 is 2.50 bits per heavy atom. The number of ether oxygens (including phenoxy) is 2. The number of fused-ring (bicyclic) bond motifs is 1. The number of nitrogens with zero attached hydrogens (tertiary/aromatic N) is 3. The molecule has 4 aromatic rings. The van der Waals surface area contributed by atoms with Gasteiger partial charge in [-0.3, -0.25) is 14.1 Å². The molecule has 3 heterocycles. The maximum absolute atomic E-state index is 13.3. The highest BCUT2D eigenvalue weighted by Gasteiger charge is 2.27. The van der Waals surface area contributed by atoms with Crippen LogP contribution in [-0.2, 0) is 17.8 Å². The minimum atomic E-state index is -0.659. The van der Waals surface area contributed by atoms with Crippen molar-refractivity contribution in [2.24, 2.45) is 0 Å². The van der Waals surface area contributed by atoms with E-state index >= 15 is 0 Å². The van der Waals surface area contributed by atoms with E-state index in [9.17, 15) is 14.0 Å². The number of rotatable bonds is 8. The number of halogens is 1. The Kier molecular flexibility index (Phi) is 7.95. The molecule has 0 bridgehead atoms. The Balaban J connectivity index is 1.52. The van der Waals surface area contributed by atoms with Crippen molar-refractivity contribution in [3.05, 3.63) is 101 Å². The van der Waals surface area contributed by atoms with Gasteiger partial charge in [0.2, 0.25) is 0 Å². The number of thiol groups is 1. The van der Waals surface area contributed by atoms with Crippen LogP contribution >= 0.6 is 12.8 Å². The van der Waals surface area contributed by atoms with E-state index in [2.05, 4.69) is 22.8 Å². The summed E-state index contributed by atoms with van der Waals surface area (Å²) in [4.78, 5) is 34.4. The molecule has 9 heteroatoms. The quantitative estimate of drug-likeness (QED) is 0.190. The molecule has 0 aliphatic carbocycles. The molecule has 7 nitrogen and oxygen atoms in total. The van der Waals surface area contributed by atoms with Crippen molar-refractivity contribution < 1.29 is 23.5 Å². The van der Waals surface area contributed by atoms with Gasteiger partial charge >= 0.3 is 5.97 Å². The van der Waals surface area contributed by atoms with E-state index in [1.54, 1.807) is 24.4 Å². The lowest BCUT2D eigenvalue weighted by Gasteiger charge is -2.27. The van der Waals surface area contributed by atoms with Gasteiger partial charge in [-0.05, 0) is 54.2 Å². The minimum absolute atomic E-state index is 0.0673. The first-order valence-corrected chi connectivity index (χ1v) is 12.7. The van der Waals surface area contributed by atoms with Crippen LogP contribution in [0.4, 0.5) is 4.39 Å². The average molecular weight is 532 g/mol. The first-order chi connectivity index (χ1) is 18.5. The highest BCUT2D eigenvalue weighted by Crippen LogP contribution is 2.32. The Morgan fingerprint density at radius 1 is 1.05 bits per heavy atom. The molecule has 38 heavy (non-hydrogen) atoms. The van der Waals surface area contributed by atoms with Gasteiger partial charge < -0.3 is 9.47 Å². The maximum atomic E-state index is 13.3. The molecule has 5 rings (SSSR count). The van der Waals surface area contributed by atoms with E-state index in [1.807, 2.05) is 34.6 Å². The fraction of sp³-hybridized carbons (Fsp3) is 0.241. The molecule has 0 spiro atoms. The number of pyridine rings is 2. The zero-order valence-corrected chi connectivity index (χ0v) is 21.4. The van der Waals surface area contributed by atoms with Crippen LogP contribution in [0.25, 0.3) is 10.9 Å². The fourth-order valence-corrected chi connectivity index (χ4v) is 4.66. The number of carbonyl (C=O) groups excluding carboxylic acids is 2. The molecular formula is C29H26FN3O4S. The van der Waals surface area contributed by atoms with Crippen molar-refractivity contribution in [3.63, 3.8) is 0 Å². The molecule has 0 amide bonds. The summed E-state index contributed by atoms with van der Waals surface area (Å²) >= 11 is 4.35. The number of aldehydes is 1. The SMILES string of the molecule is O=Cc1nc(C(=O)OC2CCN(S)CC2)c(OCc2ccccc2)c2ncc(Cc3ccc(F)cc3)cc12. The van der Waals surface area contributed by atoms with E-state index < -0.39 is 5.97 Å². The molecule has 2 aromatic carbocycles. The second kappa shape index (κ2) is 11.7. The molecule has 1 saturated heterocycles. The van der Waals surface area contributed by atoms with Crippen LogP contribution < -0.4 is 4.74 Å². The second-order valence-corrected chi connectivity index (χ2v) is 9.73. The lowest BCUT2D eigenvalue weighted by Crippen LogP contribution is -2.33. The van der Waals surface area contributed by atoms with E-state index in [-0.39, 0.29) is 35.7 Å². The number of benzene rings is 2. The van der Waals surface area contributed by atoms with Gasteiger partial charge in [0.05, 0.1) is 0 Å². The van der Waals surface area contributed by atoms with Gasteiger partial charge in [-0.25, -0.2) is 14.2 Å². The molecule has 0 saturated carbocycles. The predicted molar refractivity (Wildman–Crippen MR) is 144 cm³/mol. The van der Waals surface area contributed by atoms with E-state index in [0.717, 1.165) is 16.7 Å². The van der Waals surface area contributed by atoms with Crippen molar-refractivity contribution >= 4 is 36.0 Å². The van der Waals surface area contributed by atoms with Crippen LogP contribution in [0.2, 0.25) is 0 Å². The molecule has 1 fully saturated rings. The first-order valence-electron chi connectivity index (χ1n) is 12.3. The topological polar surface area (TPSA) is 81.6 Å². The Bertz CT molecular complexity index is 1440. The summed E-state index contributed by atoms with van der Waals surface area (Å²) in [5.41, 5.74) is 2.92. The zero-order valence-electron chi connectivity index (χ0n) is 20.5. The van der Waals surface area contributed by atoms with Crippen LogP contribution in [0, 0.1) is 5.82 Å². The Labute approximate surface area is 225 Å². The van der Waals surface area contributed by atoms with Crippen LogP contribution in [0.15, 0.2) is 66.9 Å². The van der Waals surface area contributed by atoms with Gasteiger partial charge in [0.15, 0.2) is 17.7 Å². The molecule has 1 aliphatic heterocycles. The fourth-order valence-electron chi connectivity index (χ4n) is 4.42. The molecule has 2 aromatic heterocycles. The first kappa shape index (κ1) is 25.8. The van der Waals surface area contributed by atoms with Gasteiger partial charge in [0.1, 0.15) is 29.7 Å². The highest BCUT2D eigenvalue weighted by atomic mass is 32.1. The molecule has 1 aliphatic rings. The summed E-state index contributed by atoms with van der Waals surface area (Å²) in [6, 6.07) is 17.5. The van der Waals surface area contributed by atoms with Gasteiger partial charge in [0, 0.05) is 24.7 Å². The van der Waals surface area contributed by atoms with Gasteiger partial charge in [-0.15, -0.1) is 0 Å². The van der Waals surface area contributed by atoms with Crippen molar-refractivity contribution in [3.8, 4) is 5.75 Å². The lowest BCUT2D eigenvalue weighted by molar-refractivity contribution is 0.0177. The molecule has 194 valence electrons. The number of aromatic nitrogens is 2. The molecule has 0 atom stereocenters. The van der Waals surface area contributed by atoms with Crippen LogP contribution in [0.5, 0.6) is 5.75 Å². The molecule has 0 unspecified atom stereocenters. The third kappa shape index (κ3) is 6.00. The largest absolute Gasteiger partial charge is 0.484 e. The predicted octanol–water partition coefficient (Wildman–Crippen LogP) is 5.22. The van der Waals surface area contributed by atoms with E-state index in [1.165, 1.54) is 12.1 Å². The summed E-state index contributed by atoms with van der Waals surface area (Å²) < 4.78 is 27.1. The van der Waals surface area contributed by atoms with E-state index in [4.69, 9.17) is 9.47 Å². The smallest absolute Gasteiger partial charge is 0.361 e. The van der Waals surface area contributed by atoms with Crippen molar-refractivity contribution in [1.82, 2.24) is 14.3 Å². The number of carbonyl (C=O) groups is 2. The average Bonchev–Trinajstić information content (AvgIpc) is 2.94. The summed E-state index contributed by atoms with van der Waals surface area (Å²) in [5.74, 6) is -0.805. The molecule has 0 radical (unpaired) electrons. The van der Waals surface area contributed by atoms with Crippen LogP contribution in [0.3, 0.4) is 0 Å². The van der Waals surface area contributed by atoms with Gasteiger partial charge in [0.25, 0.3) is 0 Å². The zero-order chi connectivity index (χ0) is 26.5. The summed E-state index contributed by atoms with van der Waals surface area (Å²) in [5, 5.41) is 0.461. The second-order valence-electron chi connectivity index (χ2n) is 9.17. The number of hydrogen-bond acceptors (Lipinski definition) is 8. The number of hydrogen-bond donors (Lipinski definition) is 1. The monoisotopic (exact) mass is 531 g/mol. The minimum Gasteiger partial charge on any atom is -0.484 e. The Hall–Kier alpha value is -3.82. The van der Waals surface area contributed by atoms with Crippen molar-refractivity contribution in [2.75, 3.05) is 13.1 Å². The normalized spacial score (nSPS) is 14.4. The third-order valence-corrected chi connectivity index (χ3v) is 6.83. The molecular weight excluding hydrogens is 505 g/mol. The number of esters is 1. The summed E-state index contributed by atoms with van der Waals surface area (Å²) in [6.07, 6.45) is 3.75.